The molecule has 0 fully saturated rings. The van der Waals surface area contributed by atoms with E-state index in [1.54, 1.807) is 0 Å². The lowest BCUT2D eigenvalue weighted by atomic mass is 10.00. The van der Waals surface area contributed by atoms with Gasteiger partial charge in [0.05, 0.1) is 6.61 Å². The number of unbranched alkanes of at least 4 members (excludes halogenated alkanes) is 22. The van der Waals surface area contributed by atoms with Crippen molar-refractivity contribution in [2.45, 2.75) is 220 Å². The second kappa shape index (κ2) is 34.2. The van der Waals surface area contributed by atoms with Crippen molar-refractivity contribution in [3.8, 4) is 0 Å². The predicted octanol–water partition coefficient (Wildman–Crippen LogP) is 12.1. The Kier molecular flexibility index (Phi) is 33.4. The maximum Gasteiger partial charge on any atom is 0.306 e. The Labute approximate surface area is 280 Å². The van der Waals surface area contributed by atoms with Crippen LogP contribution in [0, 0.1) is 11.8 Å². The molecule has 0 aromatic carbocycles. The molecule has 0 aliphatic carbocycles. The molecule has 1 N–H and O–H groups in total. The minimum Gasteiger partial charge on any atom is -0.462 e. The molecular formula is C40H78O5. The number of hydrogen-bond donors (Lipinski definition) is 1. The molecule has 0 aliphatic heterocycles. The van der Waals surface area contributed by atoms with E-state index >= 15 is 0 Å². The molecule has 0 heterocycles. The van der Waals surface area contributed by atoms with Crippen molar-refractivity contribution in [1.82, 2.24) is 0 Å². The van der Waals surface area contributed by atoms with Crippen molar-refractivity contribution in [1.29, 1.82) is 0 Å². The molecule has 0 saturated carbocycles. The third-order valence-corrected chi connectivity index (χ3v) is 9.37. The molecule has 1 unspecified atom stereocenters. The number of carbonyl (C=O) groups excluding carboxylic acids is 2. The Hall–Kier alpha value is -1.10. The Morgan fingerprint density at radius 2 is 0.867 bits per heavy atom. The first-order valence-electron chi connectivity index (χ1n) is 19.8. The van der Waals surface area contributed by atoms with Crippen LogP contribution in [0.5, 0.6) is 0 Å². The van der Waals surface area contributed by atoms with Gasteiger partial charge in [-0.05, 0) is 24.7 Å². The fraction of sp³-hybridized carbons (Fsp3) is 0.950. The molecule has 0 spiro atoms. The molecule has 0 radical (unpaired) electrons. The van der Waals surface area contributed by atoms with Crippen LogP contribution >= 0.6 is 0 Å². The van der Waals surface area contributed by atoms with Crippen LogP contribution in [0.2, 0.25) is 0 Å². The second-order valence-corrected chi connectivity index (χ2v) is 14.4. The number of ether oxygens (including phenoxy) is 2. The van der Waals surface area contributed by atoms with Gasteiger partial charge in [-0.2, -0.15) is 0 Å². The van der Waals surface area contributed by atoms with E-state index in [1.807, 2.05) is 0 Å². The van der Waals surface area contributed by atoms with Crippen LogP contribution in [0.25, 0.3) is 0 Å². The van der Waals surface area contributed by atoms with Crippen LogP contribution in [0.4, 0.5) is 0 Å². The molecule has 0 saturated heterocycles. The first kappa shape index (κ1) is 43.9. The zero-order chi connectivity index (χ0) is 33.2. The SMILES string of the molecule is CCC(C)CCCCCCCCC(=O)OC[C@H](CO)OC(=O)CCCCCCCCCCCCCCCCCCCCC(C)C. The van der Waals surface area contributed by atoms with Crippen LogP contribution in [-0.2, 0) is 19.1 Å². The summed E-state index contributed by atoms with van der Waals surface area (Å²) in [5.41, 5.74) is 0. The highest BCUT2D eigenvalue weighted by molar-refractivity contribution is 5.70. The van der Waals surface area contributed by atoms with Gasteiger partial charge in [0.2, 0.25) is 0 Å². The Bertz CT molecular complexity index is 634. The van der Waals surface area contributed by atoms with Gasteiger partial charge >= 0.3 is 11.9 Å². The average Bonchev–Trinajstić information content (AvgIpc) is 3.02. The lowest BCUT2D eigenvalue weighted by molar-refractivity contribution is -0.161. The zero-order valence-corrected chi connectivity index (χ0v) is 30.7. The highest BCUT2D eigenvalue weighted by Gasteiger charge is 2.16. The van der Waals surface area contributed by atoms with Crippen LogP contribution in [0.1, 0.15) is 214 Å². The van der Waals surface area contributed by atoms with Crippen LogP contribution in [-0.4, -0.2) is 36.4 Å². The number of aliphatic hydroxyl groups is 1. The van der Waals surface area contributed by atoms with Crippen molar-refractivity contribution in [3.05, 3.63) is 0 Å². The van der Waals surface area contributed by atoms with E-state index in [-0.39, 0.29) is 25.2 Å². The van der Waals surface area contributed by atoms with Crippen molar-refractivity contribution in [2.24, 2.45) is 11.8 Å². The fourth-order valence-electron chi connectivity index (χ4n) is 5.95. The summed E-state index contributed by atoms with van der Waals surface area (Å²) in [5.74, 6) is 1.11. The van der Waals surface area contributed by atoms with E-state index in [4.69, 9.17) is 9.47 Å². The first-order chi connectivity index (χ1) is 21.9. The lowest BCUT2D eigenvalue weighted by Gasteiger charge is -2.15. The average molecular weight is 639 g/mol. The van der Waals surface area contributed by atoms with Crippen LogP contribution in [0.15, 0.2) is 0 Å². The molecular weight excluding hydrogens is 560 g/mol. The number of aliphatic hydroxyl groups excluding tert-OH is 1. The molecule has 0 amide bonds. The molecule has 5 nitrogen and oxygen atoms in total. The third kappa shape index (κ3) is 34.1. The van der Waals surface area contributed by atoms with E-state index in [2.05, 4.69) is 27.7 Å². The second-order valence-electron chi connectivity index (χ2n) is 14.4. The zero-order valence-electron chi connectivity index (χ0n) is 30.7. The van der Waals surface area contributed by atoms with Gasteiger partial charge in [-0.15, -0.1) is 0 Å². The smallest absolute Gasteiger partial charge is 0.306 e. The van der Waals surface area contributed by atoms with E-state index in [9.17, 15) is 14.7 Å². The van der Waals surface area contributed by atoms with Gasteiger partial charge in [-0.3, -0.25) is 9.59 Å². The monoisotopic (exact) mass is 639 g/mol. The summed E-state index contributed by atoms with van der Waals surface area (Å²) in [6, 6.07) is 0. The van der Waals surface area contributed by atoms with E-state index in [0.29, 0.717) is 12.8 Å². The number of rotatable bonds is 35. The Morgan fingerprint density at radius 3 is 1.24 bits per heavy atom. The fourth-order valence-corrected chi connectivity index (χ4v) is 5.95. The molecule has 268 valence electrons. The highest BCUT2D eigenvalue weighted by atomic mass is 16.6. The molecule has 0 rings (SSSR count). The number of carbonyl (C=O) groups is 2. The lowest BCUT2D eigenvalue weighted by Crippen LogP contribution is -2.28. The van der Waals surface area contributed by atoms with Gasteiger partial charge in [-0.1, -0.05) is 188 Å². The van der Waals surface area contributed by atoms with Gasteiger partial charge in [-0.25, -0.2) is 0 Å². The quantitative estimate of drug-likeness (QED) is 0.0552. The summed E-state index contributed by atoms with van der Waals surface area (Å²) >= 11 is 0. The van der Waals surface area contributed by atoms with Crippen molar-refractivity contribution < 1.29 is 24.2 Å². The third-order valence-electron chi connectivity index (χ3n) is 9.37. The van der Waals surface area contributed by atoms with Crippen molar-refractivity contribution >= 4 is 11.9 Å². The van der Waals surface area contributed by atoms with Gasteiger partial charge in [0.1, 0.15) is 6.61 Å². The summed E-state index contributed by atoms with van der Waals surface area (Å²) in [4.78, 5) is 24.2. The van der Waals surface area contributed by atoms with Crippen molar-refractivity contribution in [3.63, 3.8) is 0 Å². The molecule has 2 atom stereocenters. The van der Waals surface area contributed by atoms with E-state index < -0.39 is 6.10 Å². The van der Waals surface area contributed by atoms with Gasteiger partial charge in [0.15, 0.2) is 6.10 Å². The van der Waals surface area contributed by atoms with Gasteiger partial charge < -0.3 is 14.6 Å². The summed E-state index contributed by atoms with van der Waals surface area (Å²) in [5, 5.41) is 9.53. The summed E-state index contributed by atoms with van der Waals surface area (Å²) in [7, 11) is 0. The Morgan fingerprint density at radius 1 is 0.511 bits per heavy atom. The number of esters is 2. The predicted molar refractivity (Wildman–Crippen MR) is 191 cm³/mol. The molecule has 0 bridgehead atoms. The Balaban J connectivity index is 3.47. The summed E-state index contributed by atoms with van der Waals surface area (Å²) in [6.45, 7) is 8.83. The van der Waals surface area contributed by atoms with Crippen LogP contribution in [0.3, 0.4) is 0 Å². The first-order valence-corrected chi connectivity index (χ1v) is 19.8. The maximum absolute atomic E-state index is 12.2. The normalized spacial score (nSPS) is 12.8. The minimum absolute atomic E-state index is 0.0601. The molecule has 5 heteroatoms. The minimum atomic E-state index is -0.763. The number of hydrogen-bond acceptors (Lipinski definition) is 5. The molecule has 0 aromatic rings. The van der Waals surface area contributed by atoms with Gasteiger partial charge in [0.25, 0.3) is 0 Å². The van der Waals surface area contributed by atoms with E-state index in [1.165, 1.54) is 135 Å². The summed E-state index contributed by atoms with van der Waals surface area (Å²) in [6.07, 6.45) is 34.6. The maximum atomic E-state index is 12.2. The molecule has 0 aromatic heterocycles. The summed E-state index contributed by atoms with van der Waals surface area (Å²) < 4.78 is 10.6. The molecule has 0 aliphatic rings. The highest BCUT2D eigenvalue weighted by Crippen LogP contribution is 2.17. The molecule has 45 heavy (non-hydrogen) atoms. The van der Waals surface area contributed by atoms with Gasteiger partial charge in [0, 0.05) is 12.8 Å². The van der Waals surface area contributed by atoms with Crippen LogP contribution < -0.4 is 0 Å². The largest absolute Gasteiger partial charge is 0.462 e. The standard InChI is InChI=1S/C40H78O5/c1-5-37(4)31-27-23-20-21-24-28-32-39(42)44-35-38(34-41)45-40(43)33-29-25-19-17-15-13-11-9-7-6-8-10-12-14-16-18-22-26-30-36(2)3/h36-38,41H,5-35H2,1-4H3/t37?,38-/m0/s1. The van der Waals surface area contributed by atoms with Crippen molar-refractivity contribution in [2.75, 3.05) is 13.2 Å². The van der Waals surface area contributed by atoms with E-state index in [0.717, 1.165) is 50.4 Å². The topological polar surface area (TPSA) is 72.8 Å².